The second-order valence-electron chi connectivity index (χ2n) is 5.90. The Kier molecular flexibility index (Phi) is 4.19. The van der Waals surface area contributed by atoms with Crippen molar-refractivity contribution in [1.82, 2.24) is 14.7 Å². The third kappa shape index (κ3) is 3.28. The van der Waals surface area contributed by atoms with Gasteiger partial charge in [0.05, 0.1) is 12.2 Å². The highest BCUT2D eigenvalue weighted by atomic mass is 16.3. The summed E-state index contributed by atoms with van der Waals surface area (Å²) in [4.78, 5) is 14.1. The largest absolute Gasteiger partial charge is 0.459 e. The third-order valence-corrected chi connectivity index (χ3v) is 4.15. The van der Waals surface area contributed by atoms with Gasteiger partial charge >= 0.3 is 0 Å². The second-order valence-corrected chi connectivity index (χ2v) is 5.90. The first kappa shape index (κ1) is 15.3. The lowest BCUT2D eigenvalue weighted by Gasteiger charge is -2.23. The van der Waals surface area contributed by atoms with Crippen LogP contribution < -0.4 is 0 Å². The Balaban J connectivity index is 1.65. The van der Waals surface area contributed by atoms with E-state index in [0.29, 0.717) is 13.0 Å². The van der Waals surface area contributed by atoms with Gasteiger partial charge in [0.1, 0.15) is 11.3 Å². The van der Waals surface area contributed by atoms with E-state index in [1.165, 1.54) is 0 Å². The number of fused-ring (bicyclic) bond motifs is 1. The molecule has 1 unspecified atom stereocenters. The fraction of sp³-hybridized carbons (Fsp3) is 0.333. The van der Waals surface area contributed by atoms with Crippen molar-refractivity contribution in [2.75, 3.05) is 7.05 Å². The van der Waals surface area contributed by atoms with Gasteiger partial charge in [-0.1, -0.05) is 18.2 Å². The number of aromatic nitrogens is 2. The molecule has 0 aliphatic rings. The summed E-state index contributed by atoms with van der Waals surface area (Å²) in [7, 11) is 1.81. The van der Waals surface area contributed by atoms with Crippen LogP contribution in [0.15, 0.2) is 47.1 Å². The van der Waals surface area contributed by atoms with Crippen LogP contribution in [0.1, 0.15) is 30.7 Å². The van der Waals surface area contributed by atoms with E-state index in [-0.39, 0.29) is 11.9 Å². The smallest absolute Gasteiger partial charge is 0.224 e. The zero-order valence-corrected chi connectivity index (χ0v) is 13.7. The van der Waals surface area contributed by atoms with Crippen molar-refractivity contribution in [2.45, 2.75) is 32.9 Å². The summed E-state index contributed by atoms with van der Waals surface area (Å²) in [5, 5.41) is 5.26. The zero-order chi connectivity index (χ0) is 16.4. The van der Waals surface area contributed by atoms with Gasteiger partial charge in [-0.3, -0.25) is 9.48 Å². The lowest BCUT2D eigenvalue weighted by molar-refractivity contribution is -0.132. The van der Waals surface area contributed by atoms with Crippen molar-refractivity contribution in [3.05, 3.63) is 54.0 Å². The van der Waals surface area contributed by atoms with Crippen molar-refractivity contribution >= 4 is 16.9 Å². The topological polar surface area (TPSA) is 51.3 Å². The first-order chi connectivity index (χ1) is 11.0. The van der Waals surface area contributed by atoms with E-state index < -0.39 is 0 Å². The maximum atomic E-state index is 12.4. The molecular weight excluding hydrogens is 290 g/mol. The van der Waals surface area contributed by atoms with Crippen LogP contribution in [-0.4, -0.2) is 27.6 Å². The summed E-state index contributed by atoms with van der Waals surface area (Å²) < 4.78 is 7.65. The van der Waals surface area contributed by atoms with Crippen LogP contribution in [0, 0.1) is 6.92 Å². The molecule has 0 N–H and O–H groups in total. The quantitative estimate of drug-likeness (QED) is 0.724. The number of para-hydroxylation sites is 1. The average Bonchev–Trinajstić information content (AvgIpc) is 3.16. The van der Waals surface area contributed by atoms with E-state index in [0.717, 1.165) is 22.3 Å². The van der Waals surface area contributed by atoms with Gasteiger partial charge in [0.25, 0.3) is 0 Å². The lowest BCUT2D eigenvalue weighted by Crippen LogP contribution is -2.30. The van der Waals surface area contributed by atoms with Crippen LogP contribution in [0.25, 0.3) is 11.0 Å². The van der Waals surface area contributed by atoms with Gasteiger partial charge < -0.3 is 9.32 Å². The number of hydrogen-bond acceptors (Lipinski definition) is 3. The highest BCUT2D eigenvalue weighted by Gasteiger charge is 2.20. The molecule has 0 saturated heterocycles. The Hall–Kier alpha value is -2.56. The van der Waals surface area contributed by atoms with E-state index in [1.54, 1.807) is 15.8 Å². The second kappa shape index (κ2) is 6.28. The SMILES string of the molecule is Cc1cnn(CCC(=O)N(C)C(C)c2cc3ccccc3o2)c1. The number of furan rings is 1. The van der Waals surface area contributed by atoms with Crippen molar-refractivity contribution in [3.63, 3.8) is 0 Å². The monoisotopic (exact) mass is 311 g/mol. The Bertz CT molecular complexity index is 785. The fourth-order valence-electron chi connectivity index (χ4n) is 2.59. The molecule has 5 nitrogen and oxygen atoms in total. The summed E-state index contributed by atoms with van der Waals surface area (Å²) in [5.41, 5.74) is 1.95. The summed E-state index contributed by atoms with van der Waals surface area (Å²) in [6.07, 6.45) is 4.16. The van der Waals surface area contributed by atoms with E-state index in [2.05, 4.69) is 5.10 Å². The van der Waals surface area contributed by atoms with E-state index >= 15 is 0 Å². The van der Waals surface area contributed by atoms with Crippen LogP contribution in [0.3, 0.4) is 0 Å². The van der Waals surface area contributed by atoms with Crippen molar-refractivity contribution in [2.24, 2.45) is 0 Å². The number of hydrogen-bond donors (Lipinski definition) is 0. The Morgan fingerprint density at radius 1 is 1.39 bits per heavy atom. The third-order valence-electron chi connectivity index (χ3n) is 4.15. The number of benzene rings is 1. The van der Waals surface area contributed by atoms with Crippen molar-refractivity contribution in [1.29, 1.82) is 0 Å². The number of carbonyl (C=O) groups excluding carboxylic acids is 1. The molecule has 0 bridgehead atoms. The molecular formula is C18H21N3O2. The van der Waals surface area contributed by atoms with E-state index in [1.807, 2.05) is 57.4 Å². The first-order valence-electron chi connectivity index (χ1n) is 7.78. The number of rotatable bonds is 5. The Morgan fingerprint density at radius 2 is 2.17 bits per heavy atom. The van der Waals surface area contributed by atoms with Gasteiger partial charge in [-0.2, -0.15) is 5.10 Å². The van der Waals surface area contributed by atoms with Crippen LogP contribution in [0.4, 0.5) is 0 Å². The molecule has 0 saturated carbocycles. The molecule has 1 amide bonds. The lowest BCUT2D eigenvalue weighted by atomic mass is 10.2. The molecule has 1 aromatic carbocycles. The van der Waals surface area contributed by atoms with E-state index in [9.17, 15) is 4.79 Å². The summed E-state index contributed by atoms with van der Waals surface area (Å²) >= 11 is 0. The van der Waals surface area contributed by atoms with Gasteiger partial charge in [-0.15, -0.1) is 0 Å². The predicted octanol–water partition coefficient (Wildman–Crippen LogP) is 3.55. The summed E-state index contributed by atoms with van der Waals surface area (Å²) in [6, 6.07) is 9.77. The predicted molar refractivity (Wildman–Crippen MR) is 89.0 cm³/mol. The van der Waals surface area contributed by atoms with Gasteiger partial charge in [0, 0.05) is 31.6 Å². The molecule has 0 aliphatic carbocycles. The maximum Gasteiger partial charge on any atom is 0.224 e. The molecule has 3 rings (SSSR count). The molecule has 2 heterocycles. The number of carbonyl (C=O) groups is 1. The zero-order valence-electron chi connectivity index (χ0n) is 13.7. The first-order valence-corrected chi connectivity index (χ1v) is 7.78. The molecule has 1 atom stereocenters. The number of amides is 1. The Labute approximate surface area is 135 Å². The van der Waals surface area contributed by atoms with Gasteiger partial charge in [0.15, 0.2) is 0 Å². The van der Waals surface area contributed by atoms with Crippen LogP contribution >= 0.6 is 0 Å². The molecule has 0 spiro atoms. The fourth-order valence-corrected chi connectivity index (χ4v) is 2.59. The molecule has 23 heavy (non-hydrogen) atoms. The molecule has 2 aromatic heterocycles. The van der Waals surface area contributed by atoms with Gasteiger partial charge in [-0.25, -0.2) is 0 Å². The Morgan fingerprint density at radius 3 is 2.87 bits per heavy atom. The van der Waals surface area contributed by atoms with E-state index in [4.69, 9.17) is 4.42 Å². The van der Waals surface area contributed by atoms with Gasteiger partial charge in [-0.05, 0) is 31.5 Å². The highest BCUT2D eigenvalue weighted by molar-refractivity contribution is 5.79. The molecule has 5 heteroatoms. The van der Waals surface area contributed by atoms with Crippen LogP contribution in [0.2, 0.25) is 0 Å². The summed E-state index contributed by atoms with van der Waals surface area (Å²) in [6.45, 7) is 4.55. The molecule has 120 valence electrons. The maximum absolute atomic E-state index is 12.4. The minimum Gasteiger partial charge on any atom is -0.459 e. The highest BCUT2D eigenvalue weighted by Crippen LogP contribution is 2.26. The summed E-state index contributed by atoms with van der Waals surface area (Å²) in [5.74, 6) is 0.878. The van der Waals surface area contributed by atoms with Gasteiger partial charge in [0.2, 0.25) is 5.91 Å². The van der Waals surface area contributed by atoms with Crippen LogP contribution in [-0.2, 0) is 11.3 Å². The van der Waals surface area contributed by atoms with Crippen molar-refractivity contribution < 1.29 is 9.21 Å². The molecule has 0 aliphatic heterocycles. The average molecular weight is 311 g/mol. The standard InChI is InChI=1S/C18H21N3O2/c1-13-11-19-21(12-13)9-8-18(22)20(3)14(2)17-10-15-6-4-5-7-16(15)23-17/h4-7,10-12,14H,8-9H2,1-3H3. The molecule has 0 fully saturated rings. The number of nitrogens with zero attached hydrogens (tertiary/aromatic N) is 3. The minimum absolute atomic E-state index is 0.0751. The number of aryl methyl sites for hydroxylation is 2. The molecule has 3 aromatic rings. The minimum atomic E-state index is -0.103. The molecule has 0 radical (unpaired) electrons. The van der Waals surface area contributed by atoms with Crippen LogP contribution in [0.5, 0.6) is 0 Å². The van der Waals surface area contributed by atoms with Crippen molar-refractivity contribution in [3.8, 4) is 0 Å². The normalized spacial score (nSPS) is 12.5.